The van der Waals surface area contributed by atoms with Crippen LogP contribution in [0.5, 0.6) is 0 Å². The third-order valence-corrected chi connectivity index (χ3v) is 4.72. The first-order chi connectivity index (χ1) is 5.39. The van der Waals surface area contributed by atoms with Crippen LogP contribution in [0.2, 0.25) is 0 Å². The fourth-order valence-corrected chi connectivity index (χ4v) is 3.98. The summed E-state index contributed by atoms with van der Waals surface area (Å²) in [5.74, 6) is 2.26. The largest absolute Gasteiger partial charge is 0.311 e. The minimum atomic E-state index is 0.896. The van der Waals surface area contributed by atoms with Crippen LogP contribution in [0, 0.1) is 17.3 Å². The fourth-order valence-electron chi connectivity index (χ4n) is 3.98. The zero-order chi connectivity index (χ0) is 7.05. The van der Waals surface area contributed by atoms with Gasteiger partial charge in [-0.2, -0.15) is 0 Å². The van der Waals surface area contributed by atoms with Crippen LogP contribution in [0.4, 0.5) is 0 Å². The Kier molecular flexibility index (Phi) is 0.706. The zero-order valence-electron chi connectivity index (χ0n) is 6.84. The van der Waals surface area contributed by atoms with E-state index in [0.717, 1.165) is 29.3 Å². The Hall–Kier alpha value is -0.0400. The molecule has 4 atom stereocenters. The van der Waals surface area contributed by atoms with Gasteiger partial charge in [0.15, 0.2) is 0 Å². The molecule has 1 N–H and O–H groups in total. The molecule has 0 aromatic heterocycles. The van der Waals surface area contributed by atoms with E-state index in [1.807, 2.05) is 0 Å². The quantitative estimate of drug-likeness (QED) is 0.551. The molecule has 1 heterocycles. The average molecular weight is 149 g/mol. The Bertz CT molecular complexity index is 219. The Morgan fingerprint density at radius 3 is 2.82 bits per heavy atom. The SMILES string of the molecule is C1CC2(CC2)C2C1NC1CC12. The van der Waals surface area contributed by atoms with Crippen molar-refractivity contribution < 1.29 is 0 Å². The van der Waals surface area contributed by atoms with Crippen LogP contribution >= 0.6 is 0 Å². The predicted molar refractivity (Wildman–Crippen MR) is 43.2 cm³/mol. The molecule has 1 nitrogen and oxygen atoms in total. The summed E-state index contributed by atoms with van der Waals surface area (Å²) in [4.78, 5) is 0. The zero-order valence-corrected chi connectivity index (χ0v) is 6.84. The second-order valence-corrected chi connectivity index (χ2v) is 5.21. The molecule has 0 aromatic carbocycles. The maximum atomic E-state index is 3.79. The summed E-state index contributed by atoms with van der Waals surface area (Å²) in [6, 6.07) is 1.93. The molecule has 3 saturated carbocycles. The summed E-state index contributed by atoms with van der Waals surface area (Å²) in [7, 11) is 0. The third-order valence-electron chi connectivity index (χ3n) is 4.72. The van der Waals surface area contributed by atoms with E-state index in [1.54, 1.807) is 19.3 Å². The molecule has 0 amide bonds. The lowest BCUT2D eigenvalue weighted by atomic mass is 9.88. The minimum absolute atomic E-state index is 0.896. The van der Waals surface area contributed by atoms with Crippen LogP contribution in [0.1, 0.15) is 32.1 Å². The van der Waals surface area contributed by atoms with E-state index < -0.39 is 0 Å². The Morgan fingerprint density at radius 1 is 1.09 bits per heavy atom. The monoisotopic (exact) mass is 149 g/mol. The molecular formula is C10H15N. The van der Waals surface area contributed by atoms with Crippen molar-refractivity contribution in [1.82, 2.24) is 5.32 Å². The summed E-state index contributed by atoms with van der Waals surface area (Å²) in [5.41, 5.74) is 0.896. The Balaban J connectivity index is 1.77. The first-order valence-electron chi connectivity index (χ1n) is 5.15. The van der Waals surface area contributed by atoms with E-state index in [-0.39, 0.29) is 0 Å². The van der Waals surface area contributed by atoms with Crippen LogP contribution in [0.25, 0.3) is 0 Å². The summed E-state index contributed by atoms with van der Waals surface area (Å²) in [6.45, 7) is 0. The van der Waals surface area contributed by atoms with Gasteiger partial charge in [0.25, 0.3) is 0 Å². The van der Waals surface area contributed by atoms with Crippen molar-refractivity contribution in [2.24, 2.45) is 17.3 Å². The van der Waals surface area contributed by atoms with Gasteiger partial charge in [0.2, 0.25) is 0 Å². The van der Waals surface area contributed by atoms with Crippen molar-refractivity contribution in [3.63, 3.8) is 0 Å². The second kappa shape index (κ2) is 1.39. The number of fused-ring (bicyclic) bond motifs is 4. The molecule has 4 fully saturated rings. The molecule has 0 radical (unpaired) electrons. The fraction of sp³-hybridized carbons (Fsp3) is 1.00. The lowest BCUT2D eigenvalue weighted by Gasteiger charge is -2.18. The molecule has 0 aromatic rings. The summed E-state index contributed by atoms with van der Waals surface area (Å²) in [6.07, 6.45) is 7.71. The number of piperidine rings is 1. The normalized spacial score (nSPS) is 61.1. The highest BCUT2D eigenvalue weighted by Gasteiger charge is 2.66. The first kappa shape index (κ1) is 5.58. The van der Waals surface area contributed by atoms with Crippen LogP contribution in [0.3, 0.4) is 0 Å². The smallest absolute Gasteiger partial charge is 0.0107 e. The van der Waals surface area contributed by atoms with E-state index in [1.165, 1.54) is 12.8 Å². The van der Waals surface area contributed by atoms with Crippen molar-refractivity contribution >= 4 is 0 Å². The second-order valence-electron chi connectivity index (χ2n) is 5.21. The Morgan fingerprint density at radius 2 is 2.00 bits per heavy atom. The van der Waals surface area contributed by atoms with Gasteiger partial charge in [-0.1, -0.05) is 0 Å². The van der Waals surface area contributed by atoms with Gasteiger partial charge in [-0.05, 0) is 49.4 Å². The molecule has 11 heavy (non-hydrogen) atoms. The summed E-state index contributed by atoms with van der Waals surface area (Å²) >= 11 is 0. The number of hydrogen-bond acceptors (Lipinski definition) is 1. The van der Waals surface area contributed by atoms with Gasteiger partial charge in [0.1, 0.15) is 0 Å². The van der Waals surface area contributed by atoms with E-state index in [4.69, 9.17) is 0 Å². The summed E-state index contributed by atoms with van der Waals surface area (Å²) in [5, 5.41) is 3.79. The standard InChI is InChI=1S/C10H15N/c1-2-10(3-4-10)9-6-5-8(6)11-7(1)9/h6-9,11H,1-5H2. The van der Waals surface area contributed by atoms with E-state index in [0.29, 0.717) is 0 Å². The van der Waals surface area contributed by atoms with Crippen molar-refractivity contribution in [2.45, 2.75) is 44.2 Å². The van der Waals surface area contributed by atoms with Gasteiger partial charge in [-0.3, -0.25) is 0 Å². The van der Waals surface area contributed by atoms with E-state index in [2.05, 4.69) is 5.32 Å². The Labute approximate surface area is 67.6 Å². The maximum absolute atomic E-state index is 3.79. The van der Waals surface area contributed by atoms with Gasteiger partial charge in [-0.25, -0.2) is 0 Å². The average Bonchev–Trinajstić information content (AvgIpc) is 2.85. The lowest BCUT2D eigenvalue weighted by Crippen LogP contribution is -2.28. The van der Waals surface area contributed by atoms with Gasteiger partial charge in [0.05, 0.1) is 0 Å². The van der Waals surface area contributed by atoms with Crippen LogP contribution in [-0.4, -0.2) is 12.1 Å². The number of hydrogen-bond donors (Lipinski definition) is 1. The van der Waals surface area contributed by atoms with Crippen molar-refractivity contribution in [1.29, 1.82) is 0 Å². The van der Waals surface area contributed by atoms with Gasteiger partial charge in [0, 0.05) is 12.1 Å². The summed E-state index contributed by atoms with van der Waals surface area (Å²) < 4.78 is 0. The topological polar surface area (TPSA) is 12.0 Å². The van der Waals surface area contributed by atoms with Crippen molar-refractivity contribution in [2.75, 3.05) is 0 Å². The molecule has 1 heteroatoms. The predicted octanol–water partition coefficient (Wildman–Crippen LogP) is 1.54. The van der Waals surface area contributed by atoms with Crippen LogP contribution < -0.4 is 5.32 Å². The first-order valence-corrected chi connectivity index (χ1v) is 5.15. The van der Waals surface area contributed by atoms with Gasteiger partial charge < -0.3 is 5.32 Å². The maximum Gasteiger partial charge on any atom is 0.0107 e. The molecule has 3 aliphatic carbocycles. The molecule has 4 aliphatic rings. The minimum Gasteiger partial charge on any atom is -0.311 e. The highest BCUT2D eigenvalue weighted by Crippen LogP contribution is 2.69. The van der Waals surface area contributed by atoms with Crippen LogP contribution in [-0.2, 0) is 0 Å². The van der Waals surface area contributed by atoms with E-state index in [9.17, 15) is 0 Å². The number of rotatable bonds is 0. The van der Waals surface area contributed by atoms with Crippen molar-refractivity contribution in [3.05, 3.63) is 0 Å². The molecule has 1 aliphatic heterocycles. The molecule has 4 unspecified atom stereocenters. The molecule has 0 bridgehead atoms. The van der Waals surface area contributed by atoms with Crippen molar-refractivity contribution in [3.8, 4) is 0 Å². The lowest BCUT2D eigenvalue weighted by molar-refractivity contribution is 0.319. The molecule has 60 valence electrons. The molecule has 1 saturated heterocycles. The van der Waals surface area contributed by atoms with E-state index >= 15 is 0 Å². The van der Waals surface area contributed by atoms with Gasteiger partial charge >= 0.3 is 0 Å². The highest BCUT2D eigenvalue weighted by molar-refractivity contribution is 5.20. The molecule has 1 spiro atoms. The molecular weight excluding hydrogens is 134 g/mol. The number of nitrogens with one attached hydrogen (secondary N) is 1. The molecule has 4 rings (SSSR count). The van der Waals surface area contributed by atoms with Gasteiger partial charge in [-0.15, -0.1) is 0 Å². The third kappa shape index (κ3) is 0.516. The van der Waals surface area contributed by atoms with Crippen LogP contribution in [0.15, 0.2) is 0 Å². The highest BCUT2D eigenvalue weighted by atomic mass is 15.1.